The normalized spacial score (nSPS) is 35.8. The van der Waals surface area contributed by atoms with Gasteiger partial charge in [0.25, 0.3) is 0 Å². The van der Waals surface area contributed by atoms with Crippen molar-refractivity contribution in [2.45, 2.75) is 51.9 Å². The molecular formula is C15H24O2. The molecule has 1 N–H and O–H groups in total. The summed E-state index contributed by atoms with van der Waals surface area (Å²) in [5, 5.41) is 9.25. The van der Waals surface area contributed by atoms with Crippen LogP contribution in [0.1, 0.15) is 51.9 Å². The Hall–Kier alpha value is -0.790. The summed E-state index contributed by atoms with van der Waals surface area (Å²) in [5.41, 5.74) is 1.39. The molecule has 0 amide bonds. The predicted molar refractivity (Wildman–Crippen MR) is 68.7 cm³/mol. The van der Waals surface area contributed by atoms with Crippen molar-refractivity contribution in [3.05, 3.63) is 12.2 Å². The lowest BCUT2D eigenvalue weighted by Gasteiger charge is -2.40. The standard InChI is InChI=1S/C15H24O2/c1-10-6-8-12(9-7-10)13-4-3-5-14(11(13)2)15(16)17/h11-14H,1,3-9H2,2H3,(H,16,17). The molecule has 2 heteroatoms. The second-order valence-corrected chi connectivity index (χ2v) is 5.99. The van der Waals surface area contributed by atoms with E-state index in [2.05, 4.69) is 13.5 Å². The minimum atomic E-state index is -0.581. The van der Waals surface area contributed by atoms with E-state index in [0.717, 1.165) is 31.6 Å². The maximum absolute atomic E-state index is 11.2. The molecule has 0 radical (unpaired) electrons. The molecular weight excluding hydrogens is 212 g/mol. The number of allylic oxidation sites excluding steroid dienone is 1. The van der Waals surface area contributed by atoms with Crippen molar-refractivity contribution in [3.63, 3.8) is 0 Å². The summed E-state index contributed by atoms with van der Waals surface area (Å²) >= 11 is 0. The van der Waals surface area contributed by atoms with Gasteiger partial charge in [-0.05, 0) is 56.3 Å². The molecule has 0 aliphatic heterocycles. The number of hydrogen-bond acceptors (Lipinski definition) is 1. The lowest BCUT2D eigenvalue weighted by molar-refractivity contribution is -0.146. The van der Waals surface area contributed by atoms with Crippen molar-refractivity contribution >= 4 is 5.97 Å². The third-order valence-electron chi connectivity index (χ3n) is 5.02. The van der Waals surface area contributed by atoms with Gasteiger partial charge in [0.2, 0.25) is 0 Å². The molecule has 96 valence electrons. The van der Waals surface area contributed by atoms with Crippen molar-refractivity contribution in [1.82, 2.24) is 0 Å². The van der Waals surface area contributed by atoms with E-state index in [1.165, 1.54) is 24.8 Å². The molecule has 2 saturated carbocycles. The van der Waals surface area contributed by atoms with E-state index in [1.54, 1.807) is 0 Å². The van der Waals surface area contributed by atoms with Crippen LogP contribution in [0.5, 0.6) is 0 Å². The van der Waals surface area contributed by atoms with E-state index in [-0.39, 0.29) is 5.92 Å². The van der Waals surface area contributed by atoms with Gasteiger partial charge in [-0.2, -0.15) is 0 Å². The van der Waals surface area contributed by atoms with Crippen LogP contribution in [0.25, 0.3) is 0 Å². The summed E-state index contributed by atoms with van der Waals surface area (Å²) in [6.07, 6.45) is 8.01. The molecule has 0 aromatic carbocycles. The van der Waals surface area contributed by atoms with Crippen LogP contribution in [0, 0.1) is 23.7 Å². The molecule has 17 heavy (non-hydrogen) atoms. The van der Waals surface area contributed by atoms with Crippen molar-refractivity contribution in [1.29, 1.82) is 0 Å². The first-order valence-electron chi connectivity index (χ1n) is 6.99. The molecule has 2 nitrogen and oxygen atoms in total. The Morgan fingerprint density at radius 2 is 1.88 bits per heavy atom. The highest BCUT2D eigenvalue weighted by molar-refractivity contribution is 5.70. The first-order chi connectivity index (χ1) is 8.09. The highest BCUT2D eigenvalue weighted by Crippen LogP contribution is 2.44. The van der Waals surface area contributed by atoms with Gasteiger partial charge in [-0.15, -0.1) is 0 Å². The zero-order chi connectivity index (χ0) is 12.4. The fourth-order valence-electron chi connectivity index (χ4n) is 3.89. The highest BCUT2D eigenvalue weighted by atomic mass is 16.4. The van der Waals surface area contributed by atoms with E-state index in [4.69, 9.17) is 0 Å². The fourth-order valence-corrected chi connectivity index (χ4v) is 3.89. The maximum atomic E-state index is 11.2. The minimum absolute atomic E-state index is 0.0983. The highest BCUT2D eigenvalue weighted by Gasteiger charge is 2.38. The van der Waals surface area contributed by atoms with E-state index in [9.17, 15) is 9.90 Å². The largest absolute Gasteiger partial charge is 0.481 e. The smallest absolute Gasteiger partial charge is 0.306 e. The Labute approximate surface area is 104 Å². The molecule has 0 saturated heterocycles. The van der Waals surface area contributed by atoms with E-state index in [1.807, 2.05) is 0 Å². The SMILES string of the molecule is C=C1CCC(C2CCCC(C(=O)O)C2C)CC1. The lowest BCUT2D eigenvalue weighted by Crippen LogP contribution is -2.36. The molecule has 3 unspecified atom stereocenters. The quantitative estimate of drug-likeness (QED) is 0.739. The second kappa shape index (κ2) is 5.24. The molecule has 0 spiro atoms. The number of hydrogen-bond donors (Lipinski definition) is 1. The molecule has 0 heterocycles. The average molecular weight is 236 g/mol. The van der Waals surface area contributed by atoms with Gasteiger partial charge in [-0.1, -0.05) is 25.5 Å². The summed E-state index contributed by atoms with van der Waals surface area (Å²) in [5.74, 6) is 1.06. The number of rotatable bonds is 2. The zero-order valence-electron chi connectivity index (χ0n) is 10.8. The molecule has 2 aliphatic carbocycles. The number of aliphatic carboxylic acids is 1. The number of carbonyl (C=O) groups is 1. The molecule has 0 aromatic heterocycles. The van der Waals surface area contributed by atoms with E-state index in [0.29, 0.717) is 11.8 Å². The molecule has 0 aromatic rings. The molecule has 2 fully saturated rings. The molecule has 0 bridgehead atoms. The van der Waals surface area contributed by atoms with Gasteiger partial charge in [0.05, 0.1) is 5.92 Å². The Balaban J connectivity index is 2.00. The van der Waals surface area contributed by atoms with Crippen LogP contribution in [0.2, 0.25) is 0 Å². The Morgan fingerprint density at radius 3 is 2.47 bits per heavy atom. The third-order valence-corrected chi connectivity index (χ3v) is 5.02. The monoisotopic (exact) mass is 236 g/mol. The van der Waals surface area contributed by atoms with E-state index >= 15 is 0 Å². The van der Waals surface area contributed by atoms with Crippen molar-refractivity contribution in [2.24, 2.45) is 23.7 Å². The van der Waals surface area contributed by atoms with E-state index < -0.39 is 5.97 Å². The van der Waals surface area contributed by atoms with Gasteiger partial charge in [-0.3, -0.25) is 4.79 Å². The first-order valence-corrected chi connectivity index (χ1v) is 6.99. The van der Waals surface area contributed by atoms with Crippen LogP contribution in [0.4, 0.5) is 0 Å². The average Bonchev–Trinajstić information content (AvgIpc) is 2.30. The van der Waals surface area contributed by atoms with Gasteiger partial charge in [-0.25, -0.2) is 0 Å². The van der Waals surface area contributed by atoms with Crippen LogP contribution in [0.3, 0.4) is 0 Å². The van der Waals surface area contributed by atoms with Gasteiger partial charge in [0.1, 0.15) is 0 Å². The van der Waals surface area contributed by atoms with Crippen LogP contribution >= 0.6 is 0 Å². The third kappa shape index (κ3) is 2.72. The topological polar surface area (TPSA) is 37.3 Å². The predicted octanol–water partition coefficient (Wildman–Crippen LogP) is 3.87. The van der Waals surface area contributed by atoms with Crippen molar-refractivity contribution in [3.8, 4) is 0 Å². The van der Waals surface area contributed by atoms with Crippen LogP contribution in [-0.2, 0) is 4.79 Å². The minimum Gasteiger partial charge on any atom is -0.481 e. The van der Waals surface area contributed by atoms with Gasteiger partial charge in [0, 0.05) is 0 Å². The zero-order valence-corrected chi connectivity index (χ0v) is 10.8. The second-order valence-electron chi connectivity index (χ2n) is 5.99. The van der Waals surface area contributed by atoms with Crippen molar-refractivity contribution < 1.29 is 9.90 Å². The molecule has 3 atom stereocenters. The van der Waals surface area contributed by atoms with Gasteiger partial charge in [0.15, 0.2) is 0 Å². The van der Waals surface area contributed by atoms with Crippen LogP contribution in [0.15, 0.2) is 12.2 Å². The fraction of sp³-hybridized carbons (Fsp3) is 0.800. The summed E-state index contributed by atoms with van der Waals surface area (Å²) < 4.78 is 0. The first kappa shape index (κ1) is 12.7. The van der Waals surface area contributed by atoms with Crippen LogP contribution in [-0.4, -0.2) is 11.1 Å². The van der Waals surface area contributed by atoms with Gasteiger partial charge < -0.3 is 5.11 Å². The van der Waals surface area contributed by atoms with Gasteiger partial charge >= 0.3 is 5.97 Å². The van der Waals surface area contributed by atoms with Crippen molar-refractivity contribution in [2.75, 3.05) is 0 Å². The summed E-state index contributed by atoms with van der Waals surface area (Å²) in [4.78, 5) is 11.2. The Bertz CT molecular complexity index is 298. The molecule has 2 aliphatic rings. The molecule has 2 rings (SSSR count). The summed E-state index contributed by atoms with van der Waals surface area (Å²) in [6.45, 7) is 6.22. The Morgan fingerprint density at radius 1 is 1.24 bits per heavy atom. The van der Waals surface area contributed by atoms with Crippen LogP contribution < -0.4 is 0 Å². The summed E-state index contributed by atoms with van der Waals surface area (Å²) in [7, 11) is 0. The lowest BCUT2D eigenvalue weighted by atomic mass is 9.64. The maximum Gasteiger partial charge on any atom is 0.306 e. The summed E-state index contributed by atoms with van der Waals surface area (Å²) in [6, 6.07) is 0. The Kier molecular flexibility index (Phi) is 3.90. The number of carboxylic acid groups (broad SMARTS) is 1. The number of carboxylic acids is 1.